The third-order valence-electron chi connectivity index (χ3n) is 5.20. The van der Waals surface area contributed by atoms with Crippen molar-refractivity contribution < 1.29 is 36.6 Å². The lowest BCUT2D eigenvalue weighted by atomic mass is 9.89. The van der Waals surface area contributed by atoms with Crippen LogP contribution in [0, 0.1) is 0 Å². The van der Waals surface area contributed by atoms with E-state index < -0.39 is 42.5 Å². The van der Waals surface area contributed by atoms with Crippen molar-refractivity contribution >= 4 is 17.7 Å². The Kier molecular flexibility index (Phi) is 7.68. The first kappa shape index (κ1) is 26.0. The average Bonchev–Trinajstić information content (AvgIpc) is 2.79. The second-order valence-electron chi connectivity index (χ2n) is 7.72. The molecule has 0 spiro atoms. The molecule has 2 unspecified atom stereocenters. The summed E-state index contributed by atoms with van der Waals surface area (Å²) in [5, 5.41) is 12.3. The molecule has 1 aromatic carbocycles. The summed E-state index contributed by atoms with van der Waals surface area (Å²) in [6, 6.07) is 4.76. The van der Waals surface area contributed by atoms with Gasteiger partial charge in [-0.25, -0.2) is 18.7 Å². The molecule has 3 rings (SSSR count). The Hall–Kier alpha value is -3.61. The first-order valence-corrected chi connectivity index (χ1v) is 10.4. The smallest absolute Gasteiger partial charge is 0.406 e. The second kappa shape index (κ2) is 10.3. The van der Waals surface area contributed by atoms with Gasteiger partial charge >= 0.3 is 6.36 Å². The summed E-state index contributed by atoms with van der Waals surface area (Å²) >= 11 is 0. The zero-order valence-corrected chi connectivity index (χ0v) is 18.4. The van der Waals surface area contributed by atoms with Crippen LogP contribution in [0.25, 0.3) is 16.8 Å². The van der Waals surface area contributed by atoms with Crippen LogP contribution < -0.4 is 15.8 Å². The summed E-state index contributed by atoms with van der Waals surface area (Å²) in [6.07, 6.45) is -4.70. The molecule has 188 valence electrons. The summed E-state index contributed by atoms with van der Waals surface area (Å²) < 4.78 is 68.9. The number of ether oxygens (including phenoxy) is 1. The number of halogens is 5. The maximum absolute atomic E-state index is 13.9. The van der Waals surface area contributed by atoms with E-state index in [1.54, 1.807) is 0 Å². The highest BCUT2D eigenvalue weighted by Crippen LogP contribution is 2.34. The summed E-state index contributed by atoms with van der Waals surface area (Å²) in [6.45, 7) is 0. The lowest BCUT2D eigenvalue weighted by molar-refractivity contribution is -0.274. The highest BCUT2D eigenvalue weighted by atomic mass is 19.4. The number of nitrogens with zero attached hydrogens (tertiary/aromatic N) is 3. The molecule has 1 aliphatic rings. The quantitative estimate of drug-likeness (QED) is 0.414. The number of aliphatic imine (C=N–C) groups is 1. The monoisotopic (exact) mass is 499 g/mol. The van der Waals surface area contributed by atoms with Gasteiger partial charge in [-0.05, 0) is 43.2 Å². The van der Waals surface area contributed by atoms with Gasteiger partial charge in [0.2, 0.25) is 0 Å². The first-order chi connectivity index (χ1) is 16.4. The number of benzene rings is 1. The van der Waals surface area contributed by atoms with Gasteiger partial charge in [-0.1, -0.05) is 0 Å². The molecule has 1 aromatic heterocycles. The minimum atomic E-state index is -4.87. The van der Waals surface area contributed by atoms with Gasteiger partial charge in [0.15, 0.2) is 5.82 Å². The molecule has 1 aliphatic carbocycles. The maximum Gasteiger partial charge on any atom is 0.573 e. The summed E-state index contributed by atoms with van der Waals surface area (Å²) in [5.74, 6) is -4.68. The molecule has 35 heavy (non-hydrogen) atoms. The van der Waals surface area contributed by atoms with Gasteiger partial charge in [-0.2, -0.15) is 0 Å². The van der Waals surface area contributed by atoms with Crippen molar-refractivity contribution in [2.45, 2.75) is 43.7 Å². The highest BCUT2D eigenvalue weighted by molar-refractivity contribution is 6.08. The molecule has 0 bridgehead atoms. The maximum atomic E-state index is 13.9. The van der Waals surface area contributed by atoms with Crippen LogP contribution in [0.3, 0.4) is 0 Å². The SMILES string of the molecule is CN=CC(=CN)c1nc(C(=O)NC2CCCC(F)(F)C2O)cc(-c2ccc(OC(F)(F)F)cc2)n1. The van der Waals surface area contributed by atoms with Gasteiger partial charge in [0.1, 0.15) is 17.5 Å². The van der Waals surface area contributed by atoms with Crippen LogP contribution in [-0.2, 0) is 0 Å². The van der Waals surface area contributed by atoms with Gasteiger partial charge in [0.05, 0.1) is 17.3 Å². The van der Waals surface area contributed by atoms with Gasteiger partial charge in [-0.15, -0.1) is 13.2 Å². The normalized spacial score (nSPS) is 20.6. The fourth-order valence-electron chi connectivity index (χ4n) is 3.53. The first-order valence-electron chi connectivity index (χ1n) is 10.4. The van der Waals surface area contributed by atoms with Crippen molar-refractivity contribution in [3.63, 3.8) is 0 Å². The van der Waals surface area contributed by atoms with Crippen molar-refractivity contribution in [3.05, 3.63) is 48.1 Å². The zero-order valence-electron chi connectivity index (χ0n) is 18.4. The third-order valence-corrected chi connectivity index (χ3v) is 5.20. The van der Waals surface area contributed by atoms with Crippen LogP contribution in [-0.4, -0.2) is 58.7 Å². The van der Waals surface area contributed by atoms with Gasteiger partial charge in [0.25, 0.3) is 11.8 Å². The van der Waals surface area contributed by atoms with Gasteiger partial charge < -0.3 is 20.9 Å². The molecule has 1 saturated carbocycles. The van der Waals surface area contributed by atoms with E-state index in [1.165, 1.54) is 31.5 Å². The summed E-state index contributed by atoms with van der Waals surface area (Å²) in [7, 11) is 1.46. The number of rotatable bonds is 6. The van der Waals surface area contributed by atoms with E-state index in [9.17, 15) is 31.9 Å². The zero-order chi connectivity index (χ0) is 25.8. The van der Waals surface area contributed by atoms with Gasteiger partial charge in [0, 0.05) is 31.4 Å². The molecule has 1 fully saturated rings. The molecule has 4 N–H and O–H groups in total. The van der Waals surface area contributed by atoms with Crippen LogP contribution in [0.5, 0.6) is 5.75 Å². The number of aliphatic hydroxyl groups is 1. The summed E-state index contributed by atoms with van der Waals surface area (Å²) in [4.78, 5) is 25.2. The van der Waals surface area contributed by atoms with Crippen molar-refractivity contribution in [3.8, 4) is 17.0 Å². The fourth-order valence-corrected chi connectivity index (χ4v) is 3.53. The Labute approximate surface area is 196 Å². The van der Waals surface area contributed by atoms with Crippen molar-refractivity contribution in [1.29, 1.82) is 0 Å². The standard InChI is InChI=1S/C22H22F5N5O3/c1-29-11-13(10-28)19-30-16(12-4-6-14(7-5-12)35-22(25,26)27)9-17(31-19)20(34)32-15-3-2-8-21(23,24)18(15)33/h4-7,9-11,15,18,33H,2-3,8,28H2,1H3,(H,32,34). The van der Waals surface area contributed by atoms with E-state index in [4.69, 9.17) is 5.73 Å². The third kappa shape index (κ3) is 6.50. The molecule has 2 atom stereocenters. The molecule has 2 aromatic rings. The molecule has 1 heterocycles. The van der Waals surface area contributed by atoms with E-state index >= 15 is 0 Å². The number of carbonyl (C=O) groups excluding carboxylic acids is 1. The predicted octanol–water partition coefficient (Wildman–Crippen LogP) is 3.32. The summed E-state index contributed by atoms with van der Waals surface area (Å²) in [5.41, 5.74) is 6.05. The molecule has 0 aliphatic heterocycles. The number of aromatic nitrogens is 2. The molecule has 1 amide bonds. The molecular weight excluding hydrogens is 477 g/mol. The van der Waals surface area contributed by atoms with Gasteiger partial charge in [-0.3, -0.25) is 9.79 Å². The van der Waals surface area contributed by atoms with Crippen LogP contribution >= 0.6 is 0 Å². The van der Waals surface area contributed by atoms with Crippen LogP contribution in [0.4, 0.5) is 22.0 Å². The Bertz CT molecular complexity index is 1120. The molecule has 0 radical (unpaired) electrons. The predicted molar refractivity (Wildman–Crippen MR) is 117 cm³/mol. The Balaban J connectivity index is 1.97. The van der Waals surface area contributed by atoms with E-state index in [-0.39, 0.29) is 35.6 Å². The number of nitrogens with two attached hydrogens (primary N) is 1. The largest absolute Gasteiger partial charge is 0.573 e. The Morgan fingerprint density at radius 3 is 2.57 bits per heavy atom. The van der Waals surface area contributed by atoms with E-state index in [2.05, 4.69) is 25.0 Å². The topological polar surface area (TPSA) is 123 Å². The second-order valence-corrected chi connectivity index (χ2v) is 7.72. The number of amides is 1. The van der Waals surface area contributed by atoms with Crippen LogP contribution in [0.2, 0.25) is 0 Å². The minimum absolute atomic E-state index is 0.0362. The van der Waals surface area contributed by atoms with Crippen molar-refractivity contribution in [2.75, 3.05) is 7.05 Å². The molecule has 0 saturated heterocycles. The molecular formula is C22H22F5N5O3. The highest BCUT2D eigenvalue weighted by Gasteiger charge is 2.46. The van der Waals surface area contributed by atoms with Crippen molar-refractivity contribution in [2.24, 2.45) is 10.7 Å². The Morgan fingerprint density at radius 2 is 1.97 bits per heavy atom. The van der Waals surface area contributed by atoms with E-state index in [1.807, 2.05) is 0 Å². The molecule has 8 nitrogen and oxygen atoms in total. The lowest BCUT2D eigenvalue weighted by Gasteiger charge is -2.34. The average molecular weight is 499 g/mol. The lowest BCUT2D eigenvalue weighted by Crippen LogP contribution is -2.54. The van der Waals surface area contributed by atoms with E-state index in [0.29, 0.717) is 5.56 Å². The number of nitrogens with one attached hydrogen (secondary N) is 1. The van der Waals surface area contributed by atoms with Crippen LogP contribution in [0.15, 0.2) is 41.5 Å². The fraction of sp³-hybridized carbons (Fsp3) is 0.364. The van der Waals surface area contributed by atoms with E-state index in [0.717, 1.165) is 18.3 Å². The van der Waals surface area contributed by atoms with Crippen LogP contribution in [0.1, 0.15) is 35.6 Å². The van der Waals surface area contributed by atoms with Crippen molar-refractivity contribution in [1.82, 2.24) is 15.3 Å². The number of allylic oxidation sites excluding steroid dienone is 1. The Morgan fingerprint density at radius 1 is 1.29 bits per heavy atom. The number of carbonyl (C=O) groups is 1. The number of hydrogen-bond donors (Lipinski definition) is 3. The number of hydrogen-bond acceptors (Lipinski definition) is 7. The minimum Gasteiger partial charge on any atom is -0.406 e. The molecule has 13 heteroatoms. The number of aliphatic hydroxyl groups excluding tert-OH is 1. The number of alkyl halides is 5.